The van der Waals surface area contributed by atoms with E-state index in [-0.39, 0.29) is 23.3 Å². The number of hydrogen-bond donors (Lipinski definition) is 4. The lowest BCUT2D eigenvalue weighted by molar-refractivity contribution is -0.123. The highest BCUT2D eigenvalue weighted by Gasteiger charge is 2.24. The van der Waals surface area contributed by atoms with E-state index in [0.29, 0.717) is 22.7 Å². The maximum atomic E-state index is 12.6. The smallest absolute Gasteiger partial charge is 0.262 e. The molecule has 0 saturated heterocycles. The van der Waals surface area contributed by atoms with Gasteiger partial charge in [-0.15, -0.1) is 0 Å². The monoisotopic (exact) mass is 460 g/mol. The molecule has 170 valence electrons. The minimum atomic E-state index is -3.96. The maximum Gasteiger partial charge on any atom is 0.262 e. The summed E-state index contributed by atoms with van der Waals surface area (Å²) in [6.45, 7) is 4.48. The molecule has 1 heterocycles. The highest BCUT2D eigenvalue weighted by Crippen LogP contribution is 2.30. The van der Waals surface area contributed by atoms with Crippen molar-refractivity contribution < 1.29 is 27.5 Å². The molecule has 0 bridgehead atoms. The van der Waals surface area contributed by atoms with Crippen molar-refractivity contribution in [3.8, 4) is 5.75 Å². The van der Waals surface area contributed by atoms with Crippen molar-refractivity contribution in [2.75, 3.05) is 17.2 Å². The maximum absolute atomic E-state index is 12.6. The first kappa shape index (κ1) is 23.2. The van der Waals surface area contributed by atoms with Gasteiger partial charge in [-0.05, 0) is 55.8 Å². The lowest BCUT2D eigenvalue weighted by Gasteiger charge is -2.22. The van der Waals surface area contributed by atoms with Crippen LogP contribution in [-0.2, 0) is 24.4 Å². The lowest BCUT2D eigenvalue weighted by Crippen LogP contribution is -2.45. The summed E-state index contributed by atoms with van der Waals surface area (Å²) >= 11 is 0. The van der Waals surface area contributed by atoms with Gasteiger partial charge in [0.05, 0.1) is 22.7 Å². The first-order valence-electron chi connectivity index (χ1n) is 9.82. The van der Waals surface area contributed by atoms with Gasteiger partial charge in [0, 0.05) is 12.6 Å². The summed E-state index contributed by atoms with van der Waals surface area (Å²) in [6, 6.07) is 9.25. The normalized spacial score (nSPS) is 14.9. The number of anilines is 2. The first-order chi connectivity index (χ1) is 15.0. The van der Waals surface area contributed by atoms with Crippen LogP contribution in [-0.4, -0.2) is 38.8 Å². The van der Waals surface area contributed by atoms with E-state index in [0.717, 1.165) is 0 Å². The van der Waals surface area contributed by atoms with Gasteiger partial charge in [-0.1, -0.05) is 6.07 Å². The molecule has 2 atom stereocenters. The van der Waals surface area contributed by atoms with Gasteiger partial charge in [-0.2, -0.15) is 4.72 Å². The summed E-state index contributed by atoms with van der Waals surface area (Å²) in [5.74, 6) is -0.516. The molecule has 1 unspecified atom stereocenters. The molecule has 3 amide bonds. The average molecular weight is 461 g/mol. The van der Waals surface area contributed by atoms with E-state index in [9.17, 15) is 22.8 Å². The Labute approximate surface area is 185 Å². The van der Waals surface area contributed by atoms with Crippen LogP contribution in [0.3, 0.4) is 0 Å². The van der Waals surface area contributed by atoms with Gasteiger partial charge < -0.3 is 20.7 Å². The fraction of sp³-hybridized carbons (Fsp3) is 0.286. The number of hydrogen-bond acceptors (Lipinski definition) is 6. The molecule has 0 saturated carbocycles. The van der Waals surface area contributed by atoms with Crippen molar-refractivity contribution in [3.05, 3.63) is 48.0 Å². The number of carbonyl (C=O) groups excluding carboxylic acids is 3. The Morgan fingerprint density at radius 1 is 1.09 bits per heavy atom. The van der Waals surface area contributed by atoms with E-state index >= 15 is 0 Å². The molecular weight excluding hydrogens is 436 g/mol. The van der Waals surface area contributed by atoms with Crippen LogP contribution in [0, 0.1) is 0 Å². The zero-order chi connectivity index (χ0) is 23.5. The van der Waals surface area contributed by atoms with Crippen LogP contribution in [0.4, 0.5) is 11.4 Å². The Bertz CT molecular complexity index is 1150. The molecule has 0 aliphatic carbocycles. The molecule has 2 aromatic carbocycles. The number of nitrogens with one attached hydrogen (secondary N) is 4. The largest absolute Gasteiger partial charge is 0.482 e. The number of ether oxygens (including phenoxy) is 1. The molecule has 4 N–H and O–H groups in total. The van der Waals surface area contributed by atoms with Crippen molar-refractivity contribution in [3.63, 3.8) is 0 Å². The molecule has 0 aromatic heterocycles. The van der Waals surface area contributed by atoms with Gasteiger partial charge in [0.25, 0.3) is 5.91 Å². The number of rotatable bonds is 7. The van der Waals surface area contributed by atoms with Crippen LogP contribution in [0.15, 0.2) is 47.4 Å². The van der Waals surface area contributed by atoms with Crippen molar-refractivity contribution in [1.82, 2.24) is 10.0 Å². The van der Waals surface area contributed by atoms with Crippen molar-refractivity contribution >= 4 is 39.1 Å². The summed E-state index contributed by atoms with van der Waals surface area (Å²) in [4.78, 5) is 35.1. The summed E-state index contributed by atoms with van der Waals surface area (Å²) in [5, 5.41) is 8.01. The second-order valence-corrected chi connectivity index (χ2v) is 9.09. The van der Waals surface area contributed by atoms with E-state index in [1.54, 1.807) is 25.1 Å². The number of amides is 3. The van der Waals surface area contributed by atoms with E-state index < -0.39 is 28.0 Å². The quantitative estimate of drug-likeness (QED) is 0.493. The summed E-state index contributed by atoms with van der Waals surface area (Å²) in [6.07, 6.45) is 0. The van der Waals surface area contributed by atoms with Crippen LogP contribution in [0.1, 0.15) is 32.4 Å². The van der Waals surface area contributed by atoms with Crippen LogP contribution in [0.2, 0.25) is 0 Å². The molecule has 1 aliphatic rings. The molecule has 2 aromatic rings. The Morgan fingerprint density at radius 2 is 1.78 bits per heavy atom. The minimum Gasteiger partial charge on any atom is -0.482 e. The third-order valence-corrected chi connectivity index (χ3v) is 6.26. The molecule has 11 heteroatoms. The van der Waals surface area contributed by atoms with Gasteiger partial charge in [0.1, 0.15) is 5.75 Å². The third kappa shape index (κ3) is 5.62. The van der Waals surface area contributed by atoms with Gasteiger partial charge in [0.2, 0.25) is 21.8 Å². The fourth-order valence-electron chi connectivity index (χ4n) is 3.07. The summed E-state index contributed by atoms with van der Waals surface area (Å²) in [7, 11) is -3.96. The van der Waals surface area contributed by atoms with Crippen LogP contribution in [0.5, 0.6) is 5.75 Å². The topological polar surface area (TPSA) is 143 Å². The summed E-state index contributed by atoms with van der Waals surface area (Å²) in [5.41, 5.74) is 1.69. The highest BCUT2D eigenvalue weighted by atomic mass is 32.2. The Kier molecular flexibility index (Phi) is 6.80. The fourth-order valence-corrected chi connectivity index (χ4v) is 4.27. The van der Waals surface area contributed by atoms with E-state index in [4.69, 9.17) is 4.74 Å². The van der Waals surface area contributed by atoms with Gasteiger partial charge in [-0.3, -0.25) is 14.4 Å². The molecular formula is C21H24N4O6S. The molecule has 1 aliphatic heterocycles. The van der Waals surface area contributed by atoms with Crippen LogP contribution >= 0.6 is 0 Å². The van der Waals surface area contributed by atoms with Gasteiger partial charge in [0.15, 0.2) is 6.61 Å². The molecule has 0 spiro atoms. The van der Waals surface area contributed by atoms with Crippen LogP contribution < -0.4 is 25.4 Å². The molecule has 0 radical (unpaired) electrons. The number of carbonyl (C=O) groups is 3. The van der Waals surface area contributed by atoms with Crippen molar-refractivity contribution in [2.24, 2.45) is 0 Å². The van der Waals surface area contributed by atoms with Gasteiger partial charge in [-0.25, -0.2) is 8.42 Å². The standard InChI is InChI=1S/C21H24N4O6S/c1-12(15-4-9-19-18(10-15)24-20(27)11-31-19)22-21(28)13(2)25-32(29,30)17-7-5-16(6-8-17)23-14(3)26/h4-10,12-13,25H,11H2,1-3H3,(H,22,28)(H,23,26)(H,24,27)/t12?,13-/m0/s1. The molecule has 0 fully saturated rings. The van der Waals surface area contributed by atoms with Crippen LogP contribution in [0.25, 0.3) is 0 Å². The molecule has 32 heavy (non-hydrogen) atoms. The average Bonchev–Trinajstić information content (AvgIpc) is 2.72. The van der Waals surface area contributed by atoms with Gasteiger partial charge >= 0.3 is 0 Å². The lowest BCUT2D eigenvalue weighted by atomic mass is 10.1. The number of benzene rings is 2. The Morgan fingerprint density at radius 3 is 2.44 bits per heavy atom. The van der Waals surface area contributed by atoms with Crippen molar-refractivity contribution in [2.45, 2.75) is 37.8 Å². The molecule has 10 nitrogen and oxygen atoms in total. The zero-order valence-corrected chi connectivity index (χ0v) is 18.6. The van der Waals surface area contributed by atoms with Crippen molar-refractivity contribution in [1.29, 1.82) is 0 Å². The third-order valence-electron chi connectivity index (χ3n) is 4.71. The number of sulfonamides is 1. The highest BCUT2D eigenvalue weighted by molar-refractivity contribution is 7.89. The second kappa shape index (κ2) is 9.37. The van der Waals surface area contributed by atoms with E-state index in [1.807, 2.05) is 0 Å². The second-order valence-electron chi connectivity index (χ2n) is 7.37. The predicted octanol–water partition coefficient (Wildman–Crippen LogP) is 1.52. The Hall–Kier alpha value is -3.44. The number of fused-ring (bicyclic) bond motifs is 1. The Balaban J connectivity index is 1.63. The summed E-state index contributed by atoms with van der Waals surface area (Å²) < 4.78 is 32.8. The predicted molar refractivity (Wildman–Crippen MR) is 118 cm³/mol. The SMILES string of the molecule is CC(=O)Nc1ccc(S(=O)(=O)N[C@@H](C)C(=O)NC(C)c2ccc3c(c2)NC(=O)CO3)cc1. The first-order valence-corrected chi connectivity index (χ1v) is 11.3. The zero-order valence-electron chi connectivity index (χ0n) is 17.8. The van der Waals surface area contributed by atoms with E-state index in [1.165, 1.54) is 38.1 Å². The molecule has 3 rings (SSSR count). The van der Waals surface area contributed by atoms with E-state index in [2.05, 4.69) is 20.7 Å². The minimum absolute atomic E-state index is 0.0373.